The van der Waals surface area contributed by atoms with Gasteiger partial charge in [-0.1, -0.05) is 0 Å². The highest BCUT2D eigenvalue weighted by Gasteiger charge is 2.31. The van der Waals surface area contributed by atoms with Gasteiger partial charge in [-0.15, -0.1) is 0 Å². The van der Waals surface area contributed by atoms with Gasteiger partial charge in [-0.3, -0.25) is 14.4 Å². The van der Waals surface area contributed by atoms with E-state index in [4.69, 9.17) is 0 Å². The molecular weight excluding hydrogens is 306 g/mol. The fourth-order valence-corrected chi connectivity index (χ4v) is 2.97. The van der Waals surface area contributed by atoms with E-state index >= 15 is 0 Å². The quantitative estimate of drug-likeness (QED) is 0.884. The summed E-state index contributed by atoms with van der Waals surface area (Å²) >= 11 is 0. The molecule has 24 heavy (non-hydrogen) atoms. The van der Waals surface area contributed by atoms with E-state index in [0.29, 0.717) is 43.2 Å². The summed E-state index contributed by atoms with van der Waals surface area (Å²) in [5.41, 5.74) is 1.28. The van der Waals surface area contributed by atoms with Gasteiger partial charge in [0, 0.05) is 43.2 Å². The molecule has 6 heteroatoms. The van der Waals surface area contributed by atoms with Crippen LogP contribution in [-0.2, 0) is 9.59 Å². The molecule has 0 unspecified atom stereocenters. The second kappa shape index (κ2) is 7.03. The Hall–Kier alpha value is -2.37. The van der Waals surface area contributed by atoms with Gasteiger partial charge >= 0.3 is 0 Å². The zero-order valence-corrected chi connectivity index (χ0v) is 13.9. The molecule has 128 valence electrons. The second-order valence-electron chi connectivity index (χ2n) is 6.61. The van der Waals surface area contributed by atoms with Crippen molar-refractivity contribution < 1.29 is 14.4 Å². The fourth-order valence-electron chi connectivity index (χ4n) is 2.97. The van der Waals surface area contributed by atoms with Crippen molar-refractivity contribution in [3.63, 3.8) is 0 Å². The SMILES string of the molecule is CC(=O)Nc1ccc(C(=O)N2CCC(C(=O)NC3CC3)CC2)cc1. The maximum atomic E-state index is 12.5. The van der Waals surface area contributed by atoms with Crippen LogP contribution in [0.2, 0.25) is 0 Å². The maximum Gasteiger partial charge on any atom is 0.253 e. The average molecular weight is 329 g/mol. The lowest BCUT2D eigenvalue weighted by Gasteiger charge is -2.31. The number of rotatable bonds is 4. The van der Waals surface area contributed by atoms with E-state index in [1.165, 1.54) is 6.92 Å². The van der Waals surface area contributed by atoms with E-state index in [0.717, 1.165) is 12.8 Å². The Bertz CT molecular complexity index is 629. The second-order valence-corrected chi connectivity index (χ2v) is 6.61. The van der Waals surface area contributed by atoms with Crippen LogP contribution in [0.25, 0.3) is 0 Å². The van der Waals surface area contributed by atoms with Crippen LogP contribution in [0.5, 0.6) is 0 Å². The van der Waals surface area contributed by atoms with Crippen LogP contribution in [0.4, 0.5) is 5.69 Å². The van der Waals surface area contributed by atoms with Crippen LogP contribution in [0.3, 0.4) is 0 Å². The topological polar surface area (TPSA) is 78.5 Å². The van der Waals surface area contributed by atoms with Crippen molar-refractivity contribution in [2.45, 2.75) is 38.6 Å². The van der Waals surface area contributed by atoms with E-state index in [1.54, 1.807) is 29.2 Å². The number of nitrogens with one attached hydrogen (secondary N) is 2. The monoisotopic (exact) mass is 329 g/mol. The Morgan fingerprint density at radius 1 is 1.00 bits per heavy atom. The van der Waals surface area contributed by atoms with E-state index < -0.39 is 0 Å². The van der Waals surface area contributed by atoms with Gasteiger partial charge in [0.1, 0.15) is 0 Å². The minimum atomic E-state index is -0.138. The van der Waals surface area contributed by atoms with Gasteiger partial charge in [0.05, 0.1) is 0 Å². The molecule has 2 fully saturated rings. The number of carbonyl (C=O) groups is 3. The van der Waals surface area contributed by atoms with Crippen molar-refractivity contribution in [1.29, 1.82) is 0 Å². The lowest BCUT2D eigenvalue weighted by atomic mass is 9.95. The minimum Gasteiger partial charge on any atom is -0.353 e. The van der Waals surface area contributed by atoms with Crippen molar-refractivity contribution >= 4 is 23.4 Å². The highest BCUT2D eigenvalue weighted by molar-refractivity contribution is 5.95. The third-order valence-electron chi connectivity index (χ3n) is 4.53. The van der Waals surface area contributed by atoms with Gasteiger partial charge in [0.2, 0.25) is 11.8 Å². The maximum absolute atomic E-state index is 12.5. The molecule has 3 amide bonds. The first-order chi connectivity index (χ1) is 11.5. The third-order valence-corrected chi connectivity index (χ3v) is 4.53. The van der Waals surface area contributed by atoms with Crippen molar-refractivity contribution in [2.75, 3.05) is 18.4 Å². The molecule has 0 bridgehead atoms. The summed E-state index contributed by atoms with van der Waals surface area (Å²) in [6.07, 6.45) is 3.62. The predicted octanol–water partition coefficient (Wildman–Crippen LogP) is 1.78. The third kappa shape index (κ3) is 4.13. The smallest absolute Gasteiger partial charge is 0.253 e. The molecule has 2 aliphatic rings. The first-order valence-corrected chi connectivity index (χ1v) is 8.50. The molecular formula is C18H23N3O3. The molecule has 0 radical (unpaired) electrons. The number of carbonyl (C=O) groups excluding carboxylic acids is 3. The highest BCUT2D eigenvalue weighted by Crippen LogP contribution is 2.23. The van der Waals surface area contributed by atoms with Crippen LogP contribution in [0, 0.1) is 5.92 Å². The zero-order chi connectivity index (χ0) is 17.1. The molecule has 1 aliphatic heterocycles. The summed E-state index contributed by atoms with van der Waals surface area (Å²) in [5.74, 6) is 0.00657. The van der Waals surface area contributed by atoms with Crippen molar-refractivity contribution in [3.05, 3.63) is 29.8 Å². The van der Waals surface area contributed by atoms with Crippen LogP contribution in [0.1, 0.15) is 43.0 Å². The molecule has 1 aromatic rings. The van der Waals surface area contributed by atoms with Crippen molar-refractivity contribution in [1.82, 2.24) is 10.2 Å². The number of amides is 3. The minimum absolute atomic E-state index is 0.0228. The lowest BCUT2D eigenvalue weighted by molar-refractivity contribution is -0.126. The van der Waals surface area contributed by atoms with E-state index in [-0.39, 0.29) is 23.6 Å². The Balaban J connectivity index is 1.52. The molecule has 0 spiro atoms. The molecule has 1 aliphatic carbocycles. The molecule has 2 N–H and O–H groups in total. The number of hydrogen-bond donors (Lipinski definition) is 2. The number of nitrogens with zero attached hydrogens (tertiary/aromatic N) is 1. The molecule has 3 rings (SSSR count). The Labute approximate surface area is 141 Å². The zero-order valence-electron chi connectivity index (χ0n) is 13.9. The van der Waals surface area contributed by atoms with Gasteiger partial charge in [0.25, 0.3) is 5.91 Å². The van der Waals surface area contributed by atoms with Crippen LogP contribution in [-0.4, -0.2) is 41.8 Å². The normalized spacial score (nSPS) is 18.1. The number of anilines is 1. The molecule has 0 atom stereocenters. The van der Waals surface area contributed by atoms with Crippen molar-refractivity contribution in [3.8, 4) is 0 Å². The number of benzene rings is 1. The van der Waals surface area contributed by atoms with E-state index in [2.05, 4.69) is 10.6 Å². The summed E-state index contributed by atoms with van der Waals surface area (Å²) in [4.78, 5) is 37.4. The van der Waals surface area contributed by atoms with Gasteiger partial charge in [-0.2, -0.15) is 0 Å². The Kier molecular flexibility index (Phi) is 4.83. The Morgan fingerprint density at radius 3 is 2.17 bits per heavy atom. The standard InChI is InChI=1S/C18H23N3O3/c1-12(22)19-15-4-2-14(3-5-15)18(24)21-10-8-13(9-11-21)17(23)20-16-6-7-16/h2-5,13,16H,6-11H2,1H3,(H,19,22)(H,20,23). The molecule has 1 saturated heterocycles. The number of hydrogen-bond acceptors (Lipinski definition) is 3. The fraction of sp³-hybridized carbons (Fsp3) is 0.500. The number of piperidine rings is 1. The summed E-state index contributed by atoms with van der Waals surface area (Å²) in [5, 5.41) is 5.73. The Morgan fingerprint density at radius 2 is 1.62 bits per heavy atom. The largest absolute Gasteiger partial charge is 0.353 e. The van der Waals surface area contributed by atoms with Crippen LogP contribution in [0.15, 0.2) is 24.3 Å². The summed E-state index contributed by atoms with van der Waals surface area (Å²) in [7, 11) is 0. The van der Waals surface area contributed by atoms with Gasteiger partial charge in [-0.25, -0.2) is 0 Å². The first-order valence-electron chi connectivity index (χ1n) is 8.50. The molecule has 0 aromatic heterocycles. The molecule has 1 heterocycles. The van der Waals surface area contributed by atoms with E-state index in [1.807, 2.05) is 0 Å². The number of likely N-dealkylation sites (tertiary alicyclic amines) is 1. The summed E-state index contributed by atoms with van der Waals surface area (Å²) in [6, 6.07) is 7.28. The summed E-state index contributed by atoms with van der Waals surface area (Å²) in [6.45, 7) is 2.66. The molecule has 6 nitrogen and oxygen atoms in total. The predicted molar refractivity (Wildman–Crippen MR) is 90.5 cm³/mol. The van der Waals surface area contributed by atoms with Gasteiger partial charge in [-0.05, 0) is 49.9 Å². The molecule has 1 aromatic carbocycles. The van der Waals surface area contributed by atoms with Crippen LogP contribution >= 0.6 is 0 Å². The van der Waals surface area contributed by atoms with E-state index in [9.17, 15) is 14.4 Å². The first kappa shape index (κ1) is 16.5. The lowest BCUT2D eigenvalue weighted by Crippen LogP contribution is -2.43. The average Bonchev–Trinajstić information content (AvgIpc) is 3.38. The molecule has 1 saturated carbocycles. The van der Waals surface area contributed by atoms with Gasteiger partial charge < -0.3 is 15.5 Å². The van der Waals surface area contributed by atoms with Gasteiger partial charge in [0.15, 0.2) is 0 Å². The highest BCUT2D eigenvalue weighted by atomic mass is 16.2. The van der Waals surface area contributed by atoms with Crippen molar-refractivity contribution in [2.24, 2.45) is 5.92 Å². The van der Waals surface area contributed by atoms with Crippen LogP contribution < -0.4 is 10.6 Å². The summed E-state index contributed by atoms with van der Waals surface area (Å²) < 4.78 is 0.